The zero-order valence-electron chi connectivity index (χ0n) is 11.3. The number of hydrogen-bond acceptors (Lipinski definition) is 3. The Hall–Kier alpha value is -0.120. The first-order chi connectivity index (χ1) is 8.24. The maximum absolute atomic E-state index is 6.03. The molecule has 2 saturated heterocycles. The second-order valence-corrected chi connectivity index (χ2v) is 5.67. The summed E-state index contributed by atoms with van der Waals surface area (Å²) in [6, 6.07) is 0.465. The highest BCUT2D eigenvalue weighted by Crippen LogP contribution is 2.31. The van der Waals surface area contributed by atoms with E-state index in [0.29, 0.717) is 12.1 Å². The molecule has 0 spiro atoms. The molecule has 0 amide bonds. The first-order valence-electron chi connectivity index (χ1n) is 7.17. The van der Waals surface area contributed by atoms with Crippen molar-refractivity contribution >= 4 is 0 Å². The van der Waals surface area contributed by atoms with Crippen LogP contribution >= 0.6 is 0 Å². The summed E-state index contributed by atoms with van der Waals surface area (Å²) in [6.45, 7) is 4.15. The average Bonchev–Trinajstić information content (AvgIpc) is 2.83. The van der Waals surface area contributed by atoms with E-state index in [4.69, 9.17) is 9.47 Å². The third-order valence-corrected chi connectivity index (χ3v) is 4.39. The molecule has 0 aromatic rings. The van der Waals surface area contributed by atoms with Crippen molar-refractivity contribution in [2.45, 2.75) is 69.6 Å². The van der Waals surface area contributed by atoms with Crippen LogP contribution in [0.3, 0.4) is 0 Å². The van der Waals surface area contributed by atoms with E-state index in [0.717, 1.165) is 19.6 Å². The second kappa shape index (κ2) is 6.17. The molecule has 3 unspecified atom stereocenters. The van der Waals surface area contributed by atoms with Gasteiger partial charge in [0.1, 0.15) is 0 Å². The molecule has 2 heterocycles. The van der Waals surface area contributed by atoms with E-state index in [1.807, 2.05) is 0 Å². The molecule has 17 heavy (non-hydrogen) atoms. The summed E-state index contributed by atoms with van der Waals surface area (Å²) in [4.78, 5) is 0. The molecular weight excluding hydrogens is 214 g/mol. The largest absolute Gasteiger partial charge is 0.378 e. The number of ether oxygens (including phenoxy) is 2. The van der Waals surface area contributed by atoms with E-state index >= 15 is 0 Å². The van der Waals surface area contributed by atoms with Gasteiger partial charge in [0.25, 0.3) is 0 Å². The Balaban J connectivity index is 1.81. The van der Waals surface area contributed by atoms with Gasteiger partial charge in [0.05, 0.1) is 11.7 Å². The van der Waals surface area contributed by atoms with E-state index < -0.39 is 0 Å². The Kier molecular flexibility index (Phi) is 4.83. The Morgan fingerprint density at radius 3 is 2.76 bits per heavy atom. The first kappa shape index (κ1) is 13.3. The zero-order valence-corrected chi connectivity index (χ0v) is 11.3. The monoisotopic (exact) mass is 241 g/mol. The molecule has 0 saturated carbocycles. The second-order valence-electron chi connectivity index (χ2n) is 5.67. The van der Waals surface area contributed by atoms with E-state index in [2.05, 4.69) is 19.3 Å². The fraction of sp³-hybridized carbons (Fsp3) is 1.00. The highest BCUT2D eigenvalue weighted by molar-refractivity contribution is 4.91. The molecular formula is C14H27NO2. The minimum Gasteiger partial charge on any atom is -0.378 e. The van der Waals surface area contributed by atoms with Crippen LogP contribution in [0.25, 0.3) is 0 Å². The van der Waals surface area contributed by atoms with Crippen molar-refractivity contribution in [1.29, 1.82) is 0 Å². The van der Waals surface area contributed by atoms with Crippen LogP contribution in [-0.4, -0.2) is 38.0 Å². The van der Waals surface area contributed by atoms with Crippen molar-refractivity contribution in [2.75, 3.05) is 20.3 Å². The molecule has 0 radical (unpaired) electrons. The van der Waals surface area contributed by atoms with E-state index in [1.165, 1.54) is 38.5 Å². The fourth-order valence-electron chi connectivity index (χ4n) is 3.21. The highest BCUT2D eigenvalue weighted by atomic mass is 16.5. The van der Waals surface area contributed by atoms with Gasteiger partial charge in [-0.3, -0.25) is 0 Å². The summed E-state index contributed by atoms with van der Waals surface area (Å²) in [7, 11) is 2.06. The van der Waals surface area contributed by atoms with Crippen molar-refractivity contribution in [1.82, 2.24) is 5.32 Å². The van der Waals surface area contributed by atoms with Crippen molar-refractivity contribution in [2.24, 2.45) is 0 Å². The van der Waals surface area contributed by atoms with Gasteiger partial charge in [0.15, 0.2) is 0 Å². The molecule has 100 valence electrons. The van der Waals surface area contributed by atoms with Crippen LogP contribution in [0.2, 0.25) is 0 Å². The Morgan fingerprint density at radius 2 is 2.18 bits per heavy atom. The normalized spacial score (nSPS) is 36.0. The Bertz CT molecular complexity index is 220. The van der Waals surface area contributed by atoms with Gasteiger partial charge in [-0.1, -0.05) is 0 Å². The van der Waals surface area contributed by atoms with Gasteiger partial charge < -0.3 is 14.8 Å². The molecule has 0 bridgehead atoms. The van der Waals surface area contributed by atoms with E-state index in [-0.39, 0.29) is 5.60 Å². The Morgan fingerprint density at radius 1 is 1.29 bits per heavy atom. The van der Waals surface area contributed by atoms with Crippen molar-refractivity contribution < 1.29 is 9.47 Å². The summed E-state index contributed by atoms with van der Waals surface area (Å²) in [5.41, 5.74) is 0.0333. The number of hydrogen-bond donors (Lipinski definition) is 1. The maximum Gasteiger partial charge on any atom is 0.0806 e. The number of rotatable bonds is 5. The lowest BCUT2D eigenvalue weighted by Gasteiger charge is -2.41. The van der Waals surface area contributed by atoms with Gasteiger partial charge in [-0.2, -0.15) is 0 Å². The van der Waals surface area contributed by atoms with Gasteiger partial charge in [-0.05, 0) is 58.9 Å². The maximum atomic E-state index is 6.03. The SMILES string of the molecule is CNC(CCC1CCCO1)C1(C)CCCCO1. The molecule has 2 aliphatic heterocycles. The Labute approximate surface area is 105 Å². The van der Waals surface area contributed by atoms with Crippen molar-refractivity contribution in [3.05, 3.63) is 0 Å². The summed E-state index contributed by atoms with van der Waals surface area (Å²) in [6.07, 6.45) is 9.02. The molecule has 3 atom stereocenters. The topological polar surface area (TPSA) is 30.5 Å². The third kappa shape index (κ3) is 3.43. The summed E-state index contributed by atoms with van der Waals surface area (Å²) in [5.74, 6) is 0. The predicted molar refractivity (Wildman–Crippen MR) is 69.3 cm³/mol. The molecule has 3 heteroatoms. The lowest BCUT2D eigenvalue weighted by molar-refractivity contribution is -0.0904. The van der Waals surface area contributed by atoms with Crippen molar-refractivity contribution in [3.8, 4) is 0 Å². The molecule has 0 aromatic heterocycles. The number of likely N-dealkylation sites (N-methyl/N-ethyl adjacent to an activating group) is 1. The lowest BCUT2D eigenvalue weighted by atomic mass is 9.85. The van der Waals surface area contributed by atoms with Crippen LogP contribution in [0.15, 0.2) is 0 Å². The smallest absolute Gasteiger partial charge is 0.0806 e. The lowest BCUT2D eigenvalue weighted by Crippen LogP contribution is -2.51. The summed E-state index contributed by atoms with van der Waals surface area (Å²) < 4.78 is 11.7. The third-order valence-electron chi connectivity index (χ3n) is 4.39. The van der Waals surface area contributed by atoms with Gasteiger partial charge >= 0.3 is 0 Å². The van der Waals surface area contributed by atoms with Crippen molar-refractivity contribution in [3.63, 3.8) is 0 Å². The highest BCUT2D eigenvalue weighted by Gasteiger charge is 2.36. The average molecular weight is 241 g/mol. The minimum atomic E-state index is 0.0333. The predicted octanol–water partition coefficient (Wildman–Crippen LogP) is 2.49. The van der Waals surface area contributed by atoms with E-state index in [1.54, 1.807) is 0 Å². The van der Waals surface area contributed by atoms with Crippen LogP contribution in [-0.2, 0) is 9.47 Å². The van der Waals surface area contributed by atoms with Crippen LogP contribution in [0.4, 0.5) is 0 Å². The molecule has 0 aliphatic carbocycles. The molecule has 0 aromatic carbocycles. The quantitative estimate of drug-likeness (QED) is 0.802. The fourth-order valence-corrected chi connectivity index (χ4v) is 3.21. The molecule has 3 nitrogen and oxygen atoms in total. The number of nitrogens with one attached hydrogen (secondary N) is 1. The molecule has 2 aliphatic rings. The molecule has 1 N–H and O–H groups in total. The van der Waals surface area contributed by atoms with Gasteiger partial charge in [-0.25, -0.2) is 0 Å². The summed E-state index contributed by atoms with van der Waals surface area (Å²) in [5, 5.41) is 3.46. The van der Waals surface area contributed by atoms with Crippen LogP contribution in [0, 0.1) is 0 Å². The standard InChI is InChI=1S/C14H27NO2/c1-14(9-3-4-11-17-14)13(15-2)8-7-12-6-5-10-16-12/h12-13,15H,3-11H2,1-2H3. The van der Waals surface area contributed by atoms with Gasteiger partial charge in [0, 0.05) is 19.3 Å². The molecule has 2 fully saturated rings. The molecule has 2 rings (SSSR count). The van der Waals surface area contributed by atoms with Crippen LogP contribution < -0.4 is 5.32 Å². The van der Waals surface area contributed by atoms with Gasteiger partial charge in [0.2, 0.25) is 0 Å². The van der Waals surface area contributed by atoms with Crippen LogP contribution in [0.1, 0.15) is 51.9 Å². The van der Waals surface area contributed by atoms with Gasteiger partial charge in [-0.15, -0.1) is 0 Å². The van der Waals surface area contributed by atoms with E-state index in [9.17, 15) is 0 Å². The zero-order chi connectivity index (χ0) is 12.1. The minimum absolute atomic E-state index is 0.0333. The summed E-state index contributed by atoms with van der Waals surface area (Å²) >= 11 is 0. The van der Waals surface area contributed by atoms with Crippen LogP contribution in [0.5, 0.6) is 0 Å². The first-order valence-corrected chi connectivity index (χ1v) is 7.17.